The van der Waals surface area contributed by atoms with Crippen LogP contribution in [0.2, 0.25) is 0 Å². The van der Waals surface area contributed by atoms with Gasteiger partial charge >= 0.3 is 5.97 Å². The smallest absolute Gasteiger partial charge is 0.344 e. The van der Waals surface area contributed by atoms with Crippen molar-refractivity contribution in [1.82, 2.24) is 0 Å². The molecule has 2 heteroatoms. The van der Waals surface area contributed by atoms with Crippen molar-refractivity contribution in [1.29, 1.82) is 0 Å². The third-order valence-corrected chi connectivity index (χ3v) is 2.43. The van der Waals surface area contributed by atoms with Crippen molar-refractivity contribution < 1.29 is 9.90 Å². The molecule has 0 fully saturated rings. The quantitative estimate of drug-likeness (QED) is 0.617. The van der Waals surface area contributed by atoms with Crippen molar-refractivity contribution >= 4 is 11.5 Å². The zero-order valence-corrected chi connectivity index (χ0v) is 9.66. The molecule has 0 radical (unpaired) electrons. The number of carboxylic acids is 1. The van der Waals surface area contributed by atoms with Gasteiger partial charge in [-0.1, -0.05) is 44.2 Å². The first-order chi connectivity index (χ1) is 7.69. The molecule has 2 nitrogen and oxygen atoms in total. The van der Waals surface area contributed by atoms with E-state index < -0.39 is 5.97 Å². The molecule has 0 aliphatic carbocycles. The fraction of sp³-hybridized carbons (Fsp3) is 0.286. The van der Waals surface area contributed by atoms with Gasteiger partial charge in [-0.3, -0.25) is 0 Å². The average molecular weight is 216 g/mol. The fourth-order valence-electron chi connectivity index (χ4n) is 1.46. The third kappa shape index (κ3) is 3.11. The van der Waals surface area contributed by atoms with Crippen LogP contribution < -0.4 is 0 Å². The molecule has 1 N–H and O–H groups in total. The monoisotopic (exact) mass is 216 g/mol. The van der Waals surface area contributed by atoms with Gasteiger partial charge in [0.25, 0.3) is 0 Å². The summed E-state index contributed by atoms with van der Waals surface area (Å²) in [5.41, 5.74) is 4.98. The number of hydrogen-bond donors (Lipinski definition) is 1. The Balaban J connectivity index is 3.31. The summed E-state index contributed by atoms with van der Waals surface area (Å²) in [5, 5.41) is 9.15. The van der Waals surface area contributed by atoms with Crippen LogP contribution in [-0.4, -0.2) is 11.1 Å². The fourth-order valence-corrected chi connectivity index (χ4v) is 1.46. The third-order valence-electron chi connectivity index (χ3n) is 2.43. The van der Waals surface area contributed by atoms with Gasteiger partial charge in [0.15, 0.2) is 0 Å². The van der Waals surface area contributed by atoms with Gasteiger partial charge in [-0.25, -0.2) is 4.79 Å². The molecule has 0 unspecified atom stereocenters. The minimum atomic E-state index is -0.925. The molecule has 0 bridgehead atoms. The maximum absolute atomic E-state index is 11.2. The predicted molar refractivity (Wildman–Crippen MR) is 65.1 cm³/mol. The van der Waals surface area contributed by atoms with Crippen molar-refractivity contribution in [3.63, 3.8) is 0 Å². The predicted octanol–water partition coefficient (Wildman–Crippen LogP) is 3.50. The summed E-state index contributed by atoms with van der Waals surface area (Å²) in [4.78, 5) is 11.2. The van der Waals surface area contributed by atoms with Gasteiger partial charge < -0.3 is 5.11 Å². The molecule has 0 aromatic heterocycles. The zero-order chi connectivity index (χ0) is 12.0. The highest BCUT2D eigenvalue weighted by atomic mass is 16.4. The highest BCUT2D eigenvalue weighted by Crippen LogP contribution is 2.15. The molecular formula is C14H16O2. The molecular weight excluding hydrogens is 200 g/mol. The second kappa shape index (κ2) is 5.94. The van der Waals surface area contributed by atoms with Gasteiger partial charge in [-0.2, -0.15) is 0 Å². The average Bonchev–Trinajstić information content (AvgIpc) is 2.31. The molecule has 0 aliphatic rings. The van der Waals surface area contributed by atoms with E-state index in [1.165, 1.54) is 0 Å². The van der Waals surface area contributed by atoms with E-state index >= 15 is 0 Å². The number of carbonyl (C=O) groups is 1. The molecule has 1 aromatic rings. The van der Waals surface area contributed by atoms with Crippen LogP contribution in [-0.2, 0) is 4.79 Å². The van der Waals surface area contributed by atoms with E-state index in [4.69, 9.17) is 5.11 Å². The minimum absolute atomic E-state index is 0.249. The standard InChI is InChI=1S/C14H16O2/c1-3-11(4-2)10-13(14(15)16)12-8-6-5-7-9-12/h5-9H,3-4H2,1-2H3,(H,15,16). The van der Waals surface area contributed by atoms with Crippen LogP contribution in [0.3, 0.4) is 0 Å². The van der Waals surface area contributed by atoms with Crippen LogP contribution in [0.25, 0.3) is 5.57 Å². The molecule has 0 saturated carbocycles. The molecule has 0 heterocycles. The summed E-state index contributed by atoms with van der Waals surface area (Å²) in [7, 11) is 0. The van der Waals surface area contributed by atoms with Gasteiger partial charge in [0.2, 0.25) is 0 Å². The SMILES string of the molecule is CCC(=C=C(C(=O)O)c1ccccc1)CC. The number of rotatable bonds is 4. The maximum atomic E-state index is 11.2. The normalized spacial score (nSPS) is 9.38. The molecule has 84 valence electrons. The van der Waals surface area contributed by atoms with Crippen molar-refractivity contribution in [2.45, 2.75) is 26.7 Å². The van der Waals surface area contributed by atoms with Gasteiger partial charge in [-0.15, -0.1) is 5.73 Å². The lowest BCUT2D eigenvalue weighted by molar-refractivity contribution is -0.130. The Morgan fingerprint density at radius 2 is 1.75 bits per heavy atom. The molecule has 1 rings (SSSR count). The van der Waals surface area contributed by atoms with E-state index in [-0.39, 0.29) is 5.57 Å². The highest BCUT2D eigenvalue weighted by molar-refractivity contribution is 6.15. The van der Waals surface area contributed by atoms with Crippen molar-refractivity contribution in [2.75, 3.05) is 0 Å². The summed E-state index contributed by atoms with van der Waals surface area (Å²) >= 11 is 0. The van der Waals surface area contributed by atoms with Crippen LogP contribution in [0.4, 0.5) is 0 Å². The summed E-state index contributed by atoms with van der Waals surface area (Å²) in [5.74, 6) is -0.925. The van der Waals surface area contributed by atoms with E-state index in [0.29, 0.717) is 5.56 Å². The summed E-state index contributed by atoms with van der Waals surface area (Å²) in [6.45, 7) is 4.02. The number of benzene rings is 1. The molecule has 0 amide bonds. The Morgan fingerprint density at radius 3 is 2.19 bits per heavy atom. The minimum Gasteiger partial charge on any atom is -0.477 e. The van der Waals surface area contributed by atoms with Crippen LogP contribution >= 0.6 is 0 Å². The lowest BCUT2D eigenvalue weighted by Gasteiger charge is -2.00. The first kappa shape index (κ1) is 12.3. The Labute approximate surface area is 95.9 Å². The van der Waals surface area contributed by atoms with Crippen LogP contribution in [0.1, 0.15) is 32.3 Å². The summed E-state index contributed by atoms with van der Waals surface area (Å²) < 4.78 is 0. The molecule has 0 saturated heterocycles. The zero-order valence-electron chi connectivity index (χ0n) is 9.66. The second-order valence-electron chi connectivity index (χ2n) is 3.48. The van der Waals surface area contributed by atoms with Crippen LogP contribution in [0, 0.1) is 0 Å². The Hall–Kier alpha value is -1.79. The Bertz CT molecular complexity index is 417. The van der Waals surface area contributed by atoms with Crippen molar-refractivity contribution in [2.24, 2.45) is 0 Å². The maximum Gasteiger partial charge on any atom is 0.344 e. The lowest BCUT2D eigenvalue weighted by Crippen LogP contribution is -1.98. The largest absolute Gasteiger partial charge is 0.477 e. The van der Waals surface area contributed by atoms with E-state index in [0.717, 1.165) is 18.4 Å². The number of carboxylic acid groups (broad SMARTS) is 1. The topological polar surface area (TPSA) is 37.3 Å². The second-order valence-corrected chi connectivity index (χ2v) is 3.48. The summed E-state index contributed by atoms with van der Waals surface area (Å²) in [6.07, 6.45) is 1.67. The lowest BCUT2D eigenvalue weighted by atomic mass is 10.0. The van der Waals surface area contributed by atoms with Crippen molar-refractivity contribution in [3.8, 4) is 0 Å². The van der Waals surface area contributed by atoms with E-state index in [2.05, 4.69) is 5.73 Å². The molecule has 1 aromatic carbocycles. The van der Waals surface area contributed by atoms with E-state index in [1.807, 2.05) is 32.0 Å². The van der Waals surface area contributed by atoms with Gasteiger partial charge in [0.05, 0.1) is 0 Å². The molecule has 0 atom stereocenters. The number of aliphatic carboxylic acids is 1. The van der Waals surface area contributed by atoms with E-state index in [9.17, 15) is 4.79 Å². The first-order valence-electron chi connectivity index (χ1n) is 5.46. The Morgan fingerprint density at radius 1 is 1.19 bits per heavy atom. The van der Waals surface area contributed by atoms with Gasteiger partial charge in [0, 0.05) is 0 Å². The number of hydrogen-bond acceptors (Lipinski definition) is 1. The van der Waals surface area contributed by atoms with Gasteiger partial charge in [0.1, 0.15) is 5.57 Å². The summed E-state index contributed by atoms with van der Waals surface area (Å²) in [6, 6.07) is 9.11. The molecule has 0 aliphatic heterocycles. The Kier molecular flexibility index (Phi) is 4.56. The van der Waals surface area contributed by atoms with Crippen LogP contribution in [0.15, 0.2) is 41.6 Å². The van der Waals surface area contributed by atoms with Crippen molar-refractivity contribution in [3.05, 3.63) is 47.2 Å². The first-order valence-corrected chi connectivity index (χ1v) is 5.46. The molecule has 0 spiro atoms. The molecule has 16 heavy (non-hydrogen) atoms. The van der Waals surface area contributed by atoms with Gasteiger partial charge in [-0.05, 0) is 24.0 Å². The highest BCUT2D eigenvalue weighted by Gasteiger charge is 2.09. The van der Waals surface area contributed by atoms with E-state index in [1.54, 1.807) is 12.1 Å². The van der Waals surface area contributed by atoms with Crippen LogP contribution in [0.5, 0.6) is 0 Å².